The Morgan fingerprint density at radius 2 is 2.00 bits per heavy atom. The monoisotopic (exact) mass is 454 g/mol. The highest BCUT2D eigenvalue weighted by Gasteiger charge is 2.33. The number of piperidine rings is 1. The quantitative estimate of drug-likeness (QED) is 0.464. The first-order valence-electron chi connectivity index (χ1n) is 10.1. The molecule has 1 fully saturated rings. The number of amides is 1. The fourth-order valence-electron chi connectivity index (χ4n) is 3.96. The third kappa shape index (κ3) is 4.13. The smallest absolute Gasteiger partial charge is 0.338 e. The molecule has 1 aliphatic heterocycles. The molecule has 32 heavy (non-hydrogen) atoms. The van der Waals surface area contributed by atoms with Crippen LogP contribution in [0, 0.1) is 5.92 Å². The van der Waals surface area contributed by atoms with E-state index in [4.69, 9.17) is 16.0 Å². The van der Waals surface area contributed by atoms with Crippen LogP contribution in [-0.4, -0.2) is 46.2 Å². The maximum absolute atomic E-state index is 13.0. The molecule has 0 saturated carbocycles. The number of carbonyl (C=O) groups is 3. The topological polar surface area (TPSA) is 118 Å². The summed E-state index contributed by atoms with van der Waals surface area (Å²) in [7, 11) is 0. The molecule has 9 heteroatoms. The minimum atomic E-state index is -1.23. The zero-order valence-corrected chi connectivity index (χ0v) is 17.6. The summed E-state index contributed by atoms with van der Waals surface area (Å²) < 4.78 is 5.24. The van der Waals surface area contributed by atoms with E-state index in [1.54, 1.807) is 30.3 Å². The van der Waals surface area contributed by atoms with Gasteiger partial charge in [-0.25, -0.2) is 9.78 Å². The van der Waals surface area contributed by atoms with Crippen LogP contribution in [0.25, 0.3) is 22.2 Å². The van der Waals surface area contributed by atoms with Crippen molar-refractivity contribution in [1.82, 2.24) is 9.88 Å². The number of carbonyl (C=O) groups excluding carboxylic acids is 2. The Kier molecular flexibility index (Phi) is 6.05. The van der Waals surface area contributed by atoms with Gasteiger partial charge in [-0.05, 0) is 31.0 Å². The average molecular weight is 455 g/mol. The van der Waals surface area contributed by atoms with Crippen molar-refractivity contribution in [3.05, 3.63) is 63.6 Å². The first kappa shape index (κ1) is 21.7. The van der Waals surface area contributed by atoms with E-state index < -0.39 is 29.3 Å². The van der Waals surface area contributed by atoms with Gasteiger partial charge in [0, 0.05) is 40.7 Å². The molecule has 164 valence electrons. The lowest BCUT2D eigenvalue weighted by molar-refractivity contribution is -0.146. The lowest BCUT2D eigenvalue weighted by Crippen LogP contribution is -2.44. The zero-order valence-electron chi connectivity index (χ0n) is 16.9. The molecule has 3 heterocycles. The molecule has 0 bridgehead atoms. The minimum Gasteiger partial charge on any atom is -0.481 e. The number of halogens is 1. The predicted molar refractivity (Wildman–Crippen MR) is 116 cm³/mol. The lowest BCUT2D eigenvalue weighted by atomic mass is 9.95. The number of aldehydes is 1. The SMILES string of the molecule is O=CC(C(=O)N1CCC[C@H](C(=O)O)C1)c1ccc2c(-c3ccccc3Cl)cc(=O)oc2n1. The summed E-state index contributed by atoms with van der Waals surface area (Å²) in [5.41, 5.74) is 0.597. The second kappa shape index (κ2) is 8.92. The molecule has 1 amide bonds. The second-order valence-corrected chi connectivity index (χ2v) is 8.03. The van der Waals surface area contributed by atoms with Crippen molar-refractivity contribution in [3.63, 3.8) is 0 Å². The summed E-state index contributed by atoms with van der Waals surface area (Å²) in [6.07, 6.45) is 1.49. The van der Waals surface area contributed by atoms with E-state index in [1.165, 1.54) is 17.0 Å². The van der Waals surface area contributed by atoms with E-state index in [0.29, 0.717) is 47.2 Å². The molecule has 2 aromatic heterocycles. The van der Waals surface area contributed by atoms with E-state index in [1.807, 2.05) is 0 Å². The van der Waals surface area contributed by atoms with Gasteiger partial charge in [0.25, 0.3) is 0 Å². The first-order chi connectivity index (χ1) is 15.4. The van der Waals surface area contributed by atoms with Gasteiger partial charge in [0.05, 0.1) is 11.6 Å². The van der Waals surface area contributed by atoms with Gasteiger partial charge in [-0.15, -0.1) is 0 Å². The highest BCUT2D eigenvalue weighted by molar-refractivity contribution is 6.33. The average Bonchev–Trinajstić information content (AvgIpc) is 2.79. The van der Waals surface area contributed by atoms with Crippen LogP contribution in [0.3, 0.4) is 0 Å². The van der Waals surface area contributed by atoms with Crippen LogP contribution in [0.15, 0.2) is 51.7 Å². The second-order valence-electron chi connectivity index (χ2n) is 7.62. The molecule has 0 aliphatic carbocycles. The third-order valence-corrected chi connectivity index (χ3v) is 5.93. The molecule has 8 nitrogen and oxygen atoms in total. The Morgan fingerprint density at radius 1 is 1.22 bits per heavy atom. The number of likely N-dealkylation sites (tertiary alicyclic amines) is 1. The van der Waals surface area contributed by atoms with E-state index in [0.717, 1.165) is 0 Å². The molecule has 1 N–H and O–H groups in total. The molecular weight excluding hydrogens is 436 g/mol. The number of pyridine rings is 1. The lowest BCUT2D eigenvalue weighted by Gasteiger charge is -2.32. The number of carboxylic acid groups (broad SMARTS) is 1. The van der Waals surface area contributed by atoms with Crippen molar-refractivity contribution in [2.45, 2.75) is 18.8 Å². The molecule has 1 saturated heterocycles. The van der Waals surface area contributed by atoms with Crippen molar-refractivity contribution in [2.24, 2.45) is 5.92 Å². The fraction of sp³-hybridized carbons (Fsp3) is 0.261. The number of hydrogen-bond donors (Lipinski definition) is 1. The molecule has 0 spiro atoms. The molecule has 1 unspecified atom stereocenters. The van der Waals surface area contributed by atoms with Gasteiger partial charge < -0.3 is 19.2 Å². The molecular formula is C23H19ClN2O6. The first-order valence-corrected chi connectivity index (χ1v) is 10.4. The molecule has 1 aromatic carbocycles. The maximum Gasteiger partial charge on any atom is 0.338 e. The number of rotatable bonds is 5. The molecule has 0 radical (unpaired) electrons. The maximum atomic E-state index is 13.0. The van der Waals surface area contributed by atoms with Crippen LogP contribution in [-0.2, 0) is 14.4 Å². The third-order valence-electron chi connectivity index (χ3n) is 5.60. The number of aromatic nitrogens is 1. The van der Waals surface area contributed by atoms with Gasteiger partial charge >= 0.3 is 11.6 Å². The van der Waals surface area contributed by atoms with Crippen molar-refractivity contribution in [3.8, 4) is 11.1 Å². The van der Waals surface area contributed by atoms with Gasteiger partial charge in [0.2, 0.25) is 11.6 Å². The normalized spacial score (nSPS) is 17.2. The van der Waals surface area contributed by atoms with Gasteiger partial charge in [-0.2, -0.15) is 0 Å². The number of nitrogens with zero attached hydrogens (tertiary/aromatic N) is 2. The summed E-state index contributed by atoms with van der Waals surface area (Å²) >= 11 is 6.29. The number of aliphatic carboxylic acids is 1. The Morgan fingerprint density at radius 3 is 2.72 bits per heavy atom. The zero-order chi connectivity index (χ0) is 22.8. The van der Waals surface area contributed by atoms with Crippen molar-refractivity contribution >= 4 is 40.9 Å². The van der Waals surface area contributed by atoms with Gasteiger partial charge in [-0.1, -0.05) is 29.8 Å². The Bertz CT molecular complexity index is 1270. The standard InChI is InChI=1S/C23H19ClN2O6/c24-18-6-2-1-5-14(18)16-10-20(28)32-21-15(16)7-8-19(25-21)17(12-27)22(29)26-9-3-4-13(11-26)23(30)31/h1-2,5-8,10,12-13,17H,3-4,9,11H2,(H,30,31)/t13-,17?/m0/s1. The van der Waals surface area contributed by atoms with E-state index in [2.05, 4.69) is 4.98 Å². The predicted octanol–water partition coefficient (Wildman–Crippen LogP) is 3.11. The van der Waals surface area contributed by atoms with Crippen LogP contribution in [0.1, 0.15) is 24.5 Å². The number of carboxylic acids is 1. The Labute approximate surface area is 187 Å². The summed E-state index contributed by atoms with van der Waals surface area (Å²) in [4.78, 5) is 54.0. The van der Waals surface area contributed by atoms with Gasteiger partial charge in [-0.3, -0.25) is 9.59 Å². The number of benzene rings is 1. The summed E-state index contributed by atoms with van der Waals surface area (Å²) in [6.45, 7) is 0.407. The van der Waals surface area contributed by atoms with E-state index in [9.17, 15) is 24.3 Å². The largest absolute Gasteiger partial charge is 0.481 e. The van der Waals surface area contributed by atoms with Crippen LogP contribution in [0.5, 0.6) is 0 Å². The number of fused-ring (bicyclic) bond motifs is 1. The molecule has 2 atom stereocenters. The van der Waals surface area contributed by atoms with Crippen molar-refractivity contribution in [2.75, 3.05) is 13.1 Å². The highest BCUT2D eigenvalue weighted by Crippen LogP contribution is 2.32. The van der Waals surface area contributed by atoms with Crippen molar-refractivity contribution < 1.29 is 23.9 Å². The highest BCUT2D eigenvalue weighted by atomic mass is 35.5. The van der Waals surface area contributed by atoms with Crippen LogP contribution in [0.2, 0.25) is 5.02 Å². The van der Waals surface area contributed by atoms with E-state index >= 15 is 0 Å². The number of hydrogen-bond acceptors (Lipinski definition) is 6. The van der Waals surface area contributed by atoms with Gasteiger partial charge in [0.1, 0.15) is 12.2 Å². The van der Waals surface area contributed by atoms with Crippen LogP contribution in [0.4, 0.5) is 0 Å². The Hall–Kier alpha value is -3.52. The molecule has 3 aromatic rings. The van der Waals surface area contributed by atoms with Gasteiger partial charge in [0.15, 0.2) is 0 Å². The van der Waals surface area contributed by atoms with Crippen LogP contribution < -0.4 is 5.63 Å². The summed E-state index contributed by atoms with van der Waals surface area (Å²) in [6, 6.07) is 11.5. The van der Waals surface area contributed by atoms with E-state index in [-0.39, 0.29) is 18.0 Å². The molecule has 4 rings (SSSR count). The minimum absolute atomic E-state index is 0.0216. The summed E-state index contributed by atoms with van der Waals surface area (Å²) in [5.74, 6) is -3.40. The summed E-state index contributed by atoms with van der Waals surface area (Å²) in [5, 5.41) is 10.2. The van der Waals surface area contributed by atoms with Crippen LogP contribution >= 0.6 is 11.6 Å². The molecule has 1 aliphatic rings. The Balaban J connectivity index is 1.72. The van der Waals surface area contributed by atoms with Crippen molar-refractivity contribution in [1.29, 1.82) is 0 Å². The fourth-order valence-corrected chi connectivity index (χ4v) is 4.20.